The third-order valence-electron chi connectivity index (χ3n) is 5.45. The number of H-pyrrole nitrogens is 1. The lowest BCUT2D eigenvalue weighted by molar-refractivity contribution is -0.0836. The van der Waals surface area contributed by atoms with Crippen molar-refractivity contribution in [2.45, 2.75) is 44.2 Å². The summed E-state index contributed by atoms with van der Waals surface area (Å²) in [5, 5.41) is 0. The second-order valence-corrected chi connectivity index (χ2v) is 7.91. The van der Waals surface area contributed by atoms with Crippen LogP contribution >= 0.6 is 0 Å². The predicted molar refractivity (Wildman–Crippen MR) is 116 cm³/mol. The largest absolute Gasteiger partial charge is 0.374 e. The minimum Gasteiger partial charge on any atom is -0.374 e. The van der Waals surface area contributed by atoms with Crippen molar-refractivity contribution in [1.29, 1.82) is 0 Å². The molecule has 0 aliphatic carbocycles. The van der Waals surface area contributed by atoms with Crippen LogP contribution in [0.1, 0.15) is 24.3 Å². The molecule has 1 N–H and O–H groups in total. The van der Waals surface area contributed by atoms with E-state index < -0.39 is 35.4 Å². The maximum atomic E-state index is 16.1. The second-order valence-electron chi connectivity index (χ2n) is 7.91. The van der Waals surface area contributed by atoms with E-state index in [0.717, 1.165) is 21.8 Å². The highest BCUT2D eigenvalue weighted by Crippen LogP contribution is 2.42. The first kappa shape index (κ1) is 22.1. The first-order chi connectivity index (χ1) is 15.4. The molecule has 32 heavy (non-hydrogen) atoms. The summed E-state index contributed by atoms with van der Waals surface area (Å²) in [6.45, 7) is 1.92. The number of rotatable bonds is 8. The van der Waals surface area contributed by atoms with Crippen molar-refractivity contribution in [3.8, 4) is 0 Å². The summed E-state index contributed by atoms with van der Waals surface area (Å²) in [5.41, 5.74) is -1.51. The average molecular weight is 440 g/mol. The molecule has 0 spiro atoms. The van der Waals surface area contributed by atoms with E-state index in [1.165, 1.54) is 13.1 Å². The van der Waals surface area contributed by atoms with Crippen LogP contribution in [0.3, 0.4) is 0 Å². The van der Waals surface area contributed by atoms with Gasteiger partial charge >= 0.3 is 5.69 Å². The summed E-state index contributed by atoms with van der Waals surface area (Å²) < 4.78 is 34.8. The van der Waals surface area contributed by atoms with Gasteiger partial charge in [0.25, 0.3) is 5.56 Å². The van der Waals surface area contributed by atoms with Crippen molar-refractivity contribution in [1.82, 2.24) is 9.55 Å². The molecule has 4 atom stereocenters. The molecule has 1 saturated heterocycles. The van der Waals surface area contributed by atoms with E-state index in [1.807, 2.05) is 60.7 Å². The highest BCUT2D eigenvalue weighted by molar-refractivity contribution is 5.14. The molecule has 168 valence electrons. The van der Waals surface area contributed by atoms with Crippen LogP contribution in [0, 0.1) is 0 Å². The monoisotopic (exact) mass is 440 g/mol. The van der Waals surface area contributed by atoms with Gasteiger partial charge in [-0.3, -0.25) is 14.3 Å². The van der Waals surface area contributed by atoms with Gasteiger partial charge in [-0.05, 0) is 18.1 Å². The van der Waals surface area contributed by atoms with E-state index in [0.29, 0.717) is 6.61 Å². The van der Waals surface area contributed by atoms with Gasteiger partial charge in [-0.1, -0.05) is 60.7 Å². The molecule has 0 bridgehead atoms. The van der Waals surface area contributed by atoms with E-state index in [9.17, 15) is 9.59 Å². The average Bonchev–Trinajstić information content (AvgIpc) is 3.03. The maximum Gasteiger partial charge on any atom is 0.330 e. The topological polar surface area (TPSA) is 82.6 Å². The number of nitrogens with one attached hydrogen (secondary N) is 1. The Balaban J connectivity index is 1.54. The third-order valence-corrected chi connectivity index (χ3v) is 5.45. The van der Waals surface area contributed by atoms with Gasteiger partial charge in [0.2, 0.25) is 0 Å². The normalized spacial score (nSPS) is 25.1. The zero-order valence-corrected chi connectivity index (χ0v) is 17.6. The van der Waals surface area contributed by atoms with Crippen molar-refractivity contribution in [3.63, 3.8) is 0 Å². The second kappa shape index (κ2) is 9.60. The van der Waals surface area contributed by atoms with Crippen LogP contribution in [-0.4, -0.2) is 34.0 Å². The number of nitrogens with zero attached hydrogens (tertiary/aromatic N) is 1. The molecule has 1 fully saturated rings. The van der Waals surface area contributed by atoms with Crippen LogP contribution in [0.2, 0.25) is 0 Å². The SMILES string of the molecule is C[C@@]1(F)[C@H](OCc2ccccc2)[C@@H](COCc2ccccc2)O[C@H]1n1ccc(=O)[nH]c1=O. The number of hydrogen-bond acceptors (Lipinski definition) is 5. The van der Waals surface area contributed by atoms with Crippen molar-refractivity contribution < 1.29 is 18.6 Å². The number of benzene rings is 2. The molecule has 3 aromatic rings. The molecular weight excluding hydrogens is 415 g/mol. The minimum absolute atomic E-state index is 0.0719. The summed E-state index contributed by atoms with van der Waals surface area (Å²) in [6, 6.07) is 20.2. The highest BCUT2D eigenvalue weighted by atomic mass is 19.1. The van der Waals surface area contributed by atoms with Crippen LogP contribution in [-0.2, 0) is 27.4 Å². The summed E-state index contributed by atoms with van der Waals surface area (Å²) in [4.78, 5) is 25.9. The third kappa shape index (κ3) is 4.88. The Labute approximate surface area is 184 Å². The molecular formula is C24H25FN2O5. The number of halogens is 1. The van der Waals surface area contributed by atoms with Gasteiger partial charge < -0.3 is 14.2 Å². The van der Waals surface area contributed by atoms with Crippen LogP contribution in [0.5, 0.6) is 0 Å². The quantitative estimate of drug-likeness (QED) is 0.582. The summed E-state index contributed by atoms with van der Waals surface area (Å²) in [7, 11) is 0. The lowest BCUT2D eigenvalue weighted by Gasteiger charge is -2.28. The lowest BCUT2D eigenvalue weighted by atomic mass is 9.98. The van der Waals surface area contributed by atoms with Gasteiger partial charge in [0.05, 0.1) is 19.8 Å². The Hall–Kier alpha value is -3.07. The zero-order chi connectivity index (χ0) is 22.6. The maximum absolute atomic E-state index is 16.1. The van der Waals surface area contributed by atoms with E-state index in [1.54, 1.807) is 0 Å². The highest BCUT2D eigenvalue weighted by Gasteiger charge is 2.56. The Kier molecular flexibility index (Phi) is 6.64. The van der Waals surface area contributed by atoms with Crippen LogP contribution in [0.25, 0.3) is 0 Å². The Bertz CT molecular complexity index is 1130. The summed E-state index contributed by atoms with van der Waals surface area (Å²) in [6.07, 6.45) is -1.81. The molecule has 0 saturated carbocycles. The molecule has 0 amide bonds. The zero-order valence-electron chi connectivity index (χ0n) is 17.6. The fourth-order valence-electron chi connectivity index (χ4n) is 3.85. The number of ether oxygens (including phenoxy) is 3. The Morgan fingerprint density at radius 1 is 1.00 bits per heavy atom. The van der Waals surface area contributed by atoms with E-state index >= 15 is 4.39 Å². The number of aromatic amines is 1. The summed E-state index contributed by atoms with van der Waals surface area (Å²) >= 11 is 0. The first-order valence-electron chi connectivity index (χ1n) is 10.4. The summed E-state index contributed by atoms with van der Waals surface area (Å²) in [5.74, 6) is 0. The number of alkyl halides is 1. The molecule has 2 aromatic carbocycles. The van der Waals surface area contributed by atoms with Crippen molar-refractivity contribution in [2.24, 2.45) is 0 Å². The number of aromatic nitrogens is 2. The van der Waals surface area contributed by atoms with Gasteiger partial charge in [-0.25, -0.2) is 9.18 Å². The smallest absolute Gasteiger partial charge is 0.330 e. The van der Waals surface area contributed by atoms with Gasteiger partial charge in [-0.2, -0.15) is 0 Å². The van der Waals surface area contributed by atoms with Crippen molar-refractivity contribution >= 4 is 0 Å². The predicted octanol–water partition coefficient (Wildman–Crippen LogP) is 2.96. The molecule has 0 radical (unpaired) electrons. The molecule has 1 aliphatic rings. The Morgan fingerprint density at radius 2 is 1.62 bits per heavy atom. The van der Waals surface area contributed by atoms with Crippen LogP contribution < -0.4 is 11.2 Å². The van der Waals surface area contributed by atoms with E-state index in [4.69, 9.17) is 14.2 Å². The van der Waals surface area contributed by atoms with Gasteiger partial charge in [0, 0.05) is 12.3 Å². The lowest BCUT2D eigenvalue weighted by Crippen LogP contribution is -2.45. The molecule has 8 heteroatoms. The minimum atomic E-state index is -2.06. The van der Waals surface area contributed by atoms with Crippen molar-refractivity contribution in [2.75, 3.05) is 6.61 Å². The molecule has 1 aromatic heterocycles. The molecule has 1 aliphatic heterocycles. The fraction of sp³-hybridized carbons (Fsp3) is 0.333. The Morgan fingerprint density at radius 3 is 2.25 bits per heavy atom. The standard InChI is InChI=1S/C24H25FN2O5/c1-24(25)21(31-15-18-10-6-3-7-11-18)19(16-30-14-17-8-4-2-5-9-17)32-22(24)27-13-12-20(28)26-23(27)29/h2-13,19,21-22H,14-16H2,1H3,(H,26,28,29)/t19-,21-,22-,24-/m1/s1. The van der Waals surface area contributed by atoms with E-state index in [-0.39, 0.29) is 13.2 Å². The molecule has 7 nitrogen and oxygen atoms in total. The molecule has 4 rings (SSSR count). The van der Waals surface area contributed by atoms with Crippen molar-refractivity contribution in [3.05, 3.63) is 105 Å². The van der Waals surface area contributed by atoms with Crippen LogP contribution in [0.15, 0.2) is 82.5 Å². The van der Waals surface area contributed by atoms with E-state index in [2.05, 4.69) is 4.98 Å². The van der Waals surface area contributed by atoms with Crippen LogP contribution in [0.4, 0.5) is 4.39 Å². The van der Waals surface area contributed by atoms with Gasteiger partial charge in [-0.15, -0.1) is 0 Å². The van der Waals surface area contributed by atoms with Gasteiger partial charge in [0.15, 0.2) is 11.9 Å². The fourth-order valence-corrected chi connectivity index (χ4v) is 3.85. The number of hydrogen-bond donors (Lipinski definition) is 1. The first-order valence-corrected chi connectivity index (χ1v) is 10.4. The van der Waals surface area contributed by atoms with Gasteiger partial charge in [0.1, 0.15) is 12.2 Å². The molecule has 0 unspecified atom stereocenters. The molecule has 2 heterocycles.